The first-order chi connectivity index (χ1) is 26.7. The second kappa shape index (κ2) is 41.7. The van der Waals surface area contributed by atoms with Crippen LogP contribution in [0.2, 0.25) is 0 Å². The van der Waals surface area contributed by atoms with Crippen LogP contribution in [0.3, 0.4) is 0 Å². The lowest BCUT2D eigenvalue weighted by molar-refractivity contribution is -0.883. The van der Waals surface area contributed by atoms with Crippen molar-refractivity contribution in [2.24, 2.45) is 0 Å². The van der Waals surface area contributed by atoms with Gasteiger partial charge in [0.1, 0.15) is 11.6 Å². The Balaban J connectivity index is 3.81. The highest BCUT2D eigenvalue weighted by molar-refractivity contribution is 7.62. The van der Waals surface area contributed by atoms with E-state index < -0.39 is 5.85 Å². The van der Waals surface area contributed by atoms with Gasteiger partial charge in [-0.1, -0.05) is 192 Å². The van der Waals surface area contributed by atoms with Gasteiger partial charge >= 0.3 is 0 Å². The number of unbranched alkanes of at least 4 members (excludes halogenated alkanes) is 30. The molecule has 6 heteroatoms. The van der Waals surface area contributed by atoms with Crippen molar-refractivity contribution in [2.75, 3.05) is 21.1 Å². The third-order valence-electron chi connectivity index (χ3n) is 11.1. The molecular formula is C49H96NO3P2+. The highest BCUT2D eigenvalue weighted by Gasteiger charge is 2.34. The maximum Gasteiger partial charge on any atom is 0.157 e. The highest BCUT2D eigenvalue weighted by Crippen LogP contribution is 2.38. The largest absolute Gasteiger partial charge is 0.382 e. The molecule has 1 N–H and O–H groups in total. The summed E-state index contributed by atoms with van der Waals surface area (Å²) in [5.41, 5.74) is 0.450. The van der Waals surface area contributed by atoms with Crippen LogP contribution in [0, 0.1) is 0 Å². The number of allylic oxidation sites excluding steroid dienone is 4. The van der Waals surface area contributed by atoms with E-state index in [0.717, 1.165) is 25.7 Å². The molecule has 0 saturated carbocycles. The lowest BCUT2D eigenvalue weighted by atomic mass is 10.1. The lowest BCUT2D eigenvalue weighted by Gasteiger charge is -2.36. The van der Waals surface area contributed by atoms with Gasteiger partial charge in [0.2, 0.25) is 0 Å². The number of rotatable bonds is 44. The molecular weight excluding hydrogens is 712 g/mol. The van der Waals surface area contributed by atoms with Crippen LogP contribution in [0.4, 0.5) is 0 Å². The number of likely N-dealkylation sites (N-methyl/N-ethyl adjacent to an activating group) is 1. The first kappa shape index (κ1) is 54.6. The standard InChI is InChI=1S/C49H96NO3P2/c1-6-8-10-12-14-16-18-20-22-24-26-28-30-32-34-36-38-40-42-44-46(51)54-48(50(3,4)5)49(53)55-47(52)45-43-41-39-37-35-33-31-29-27-25-23-21-19-17-15-13-11-9-7-2/h20-23,48-49,53-55H,6-19,24-45H2,1-5H3/q+1/b22-20-,23-21-. The van der Waals surface area contributed by atoms with E-state index in [2.05, 4.69) is 38.2 Å². The SMILES string of the molecule is CCCCCCCC/C=C\CCCCCCCCCCCC(=O)PC(O)C(PC(=O)CCCCCCCCCCC/C=C\CCCCCCCC)[N+](C)(C)C. The number of aliphatic hydroxyl groups excluding tert-OH is 1. The zero-order valence-corrected chi connectivity index (χ0v) is 39.6. The van der Waals surface area contributed by atoms with E-state index in [4.69, 9.17) is 0 Å². The molecule has 0 aliphatic rings. The molecule has 0 bridgehead atoms. The third kappa shape index (κ3) is 40.2. The topological polar surface area (TPSA) is 54.4 Å². The number of quaternary nitrogens is 1. The minimum absolute atomic E-state index is 0.0691. The normalized spacial score (nSPS) is 13.8. The van der Waals surface area contributed by atoms with Crippen molar-refractivity contribution in [1.82, 2.24) is 0 Å². The number of hydrogen-bond acceptors (Lipinski definition) is 3. The predicted molar refractivity (Wildman–Crippen MR) is 250 cm³/mol. The Kier molecular flexibility index (Phi) is 41.4. The van der Waals surface area contributed by atoms with E-state index in [0.29, 0.717) is 17.3 Å². The van der Waals surface area contributed by atoms with Crippen LogP contribution in [0.15, 0.2) is 24.3 Å². The highest BCUT2D eigenvalue weighted by atomic mass is 31.1. The van der Waals surface area contributed by atoms with Gasteiger partial charge in [-0.15, -0.1) is 0 Å². The molecule has 0 aromatic carbocycles. The lowest BCUT2D eigenvalue weighted by Crippen LogP contribution is -2.48. The van der Waals surface area contributed by atoms with Crippen LogP contribution in [0.1, 0.15) is 245 Å². The fraction of sp³-hybridized carbons (Fsp3) is 0.878. The molecule has 0 aliphatic carbocycles. The van der Waals surface area contributed by atoms with E-state index in [1.807, 2.05) is 21.1 Å². The van der Waals surface area contributed by atoms with Gasteiger partial charge < -0.3 is 9.59 Å². The molecule has 324 valence electrons. The second-order valence-electron chi connectivity index (χ2n) is 17.6. The average Bonchev–Trinajstić information content (AvgIpc) is 3.15. The molecule has 0 rings (SSSR count). The van der Waals surface area contributed by atoms with E-state index in [9.17, 15) is 14.7 Å². The molecule has 55 heavy (non-hydrogen) atoms. The van der Waals surface area contributed by atoms with Crippen molar-refractivity contribution in [3.05, 3.63) is 24.3 Å². The predicted octanol–water partition coefficient (Wildman–Crippen LogP) is 15.9. The van der Waals surface area contributed by atoms with Gasteiger partial charge in [-0.05, 0) is 72.8 Å². The summed E-state index contributed by atoms with van der Waals surface area (Å²) in [6.07, 6.45) is 54.8. The van der Waals surface area contributed by atoms with Crippen LogP contribution in [-0.4, -0.2) is 53.4 Å². The Morgan fingerprint density at radius 1 is 0.418 bits per heavy atom. The minimum atomic E-state index is -0.716. The molecule has 0 aromatic rings. The molecule has 0 fully saturated rings. The van der Waals surface area contributed by atoms with Crippen LogP contribution < -0.4 is 0 Å². The summed E-state index contributed by atoms with van der Waals surface area (Å²) in [6.45, 7) is 4.56. The summed E-state index contributed by atoms with van der Waals surface area (Å²) >= 11 is 0. The molecule has 4 nitrogen and oxygen atoms in total. The fourth-order valence-electron chi connectivity index (χ4n) is 7.38. The van der Waals surface area contributed by atoms with E-state index >= 15 is 0 Å². The summed E-state index contributed by atoms with van der Waals surface area (Å²) in [4.78, 5) is 25.7. The van der Waals surface area contributed by atoms with Gasteiger partial charge in [0, 0.05) is 21.4 Å². The maximum absolute atomic E-state index is 12.9. The van der Waals surface area contributed by atoms with Crippen molar-refractivity contribution < 1.29 is 19.2 Å². The summed E-state index contributed by atoms with van der Waals surface area (Å²) in [6, 6.07) is 0. The number of carbonyl (C=O) groups is 2. The third-order valence-corrected chi connectivity index (χ3v) is 14.6. The summed E-state index contributed by atoms with van der Waals surface area (Å²) in [5, 5.41) is 11.1. The van der Waals surface area contributed by atoms with Gasteiger partial charge in [-0.2, -0.15) is 0 Å². The quantitative estimate of drug-likeness (QED) is 0.0289. The average molecular weight is 809 g/mol. The first-order valence-electron chi connectivity index (χ1n) is 24.1. The molecule has 0 saturated heterocycles. The van der Waals surface area contributed by atoms with Gasteiger partial charge in [0.25, 0.3) is 0 Å². The zero-order valence-electron chi connectivity index (χ0n) is 37.6. The summed E-state index contributed by atoms with van der Waals surface area (Å²) in [7, 11) is 6.10. The summed E-state index contributed by atoms with van der Waals surface area (Å²) < 4.78 is 0.525. The van der Waals surface area contributed by atoms with Gasteiger partial charge in [-0.25, -0.2) is 0 Å². The smallest absolute Gasteiger partial charge is 0.157 e. The molecule has 4 atom stereocenters. The van der Waals surface area contributed by atoms with Crippen LogP contribution in [0.25, 0.3) is 0 Å². The Bertz CT molecular complexity index is 899. The van der Waals surface area contributed by atoms with E-state index in [1.54, 1.807) is 0 Å². The molecule has 0 amide bonds. The number of carbonyl (C=O) groups excluding carboxylic acids is 2. The zero-order chi connectivity index (χ0) is 40.5. The van der Waals surface area contributed by atoms with Crippen molar-refractivity contribution in [1.29, 1.82) is 0 Å². The Morgan fingerprint density at radius 2 is 0.673 bits per heavy atom. The number of nitrogens with zero attached hydrogens (tertiary/aromatic N) is 1. The first-order valence-corrected chi connectivity index (χ1v) is 26.3. The Morgan fingerprint density at radius 3 is 0.964 bits per heavy atom. The molecule has 0 spiro atoms. The molecule has 0 aliphatic heterocycles. The molecule has 0 heterocycles. The van der Waals surface area contributed by atoms with Crippen LogP contribution >= 0.6 is 17.2 Å². The number of hydrogen-bond donors (Lipinski definition) is 1. The van der Waals surface area contributed by atoms with Gasteiger partial charge in [-0.3, -0.25) is 9.59 Å². The summed E-state index contributed by atoms with van der Waals surface area (Å²) in [5.74, 6) is -0.904. The van der Waals surface area contributed by atoms with Crippen molar-refractivity contribution in [3.63, 3.8) is 0 Å². The molecule has 0 aromatic heterocycles. The van der Waals surface area contributed by atoms with E-state index in [1.165, 1.54) is 193 Å². The number of aliphatic hydroxyl groups is 1. The van der Waals surface area contributed by atoms with Crippen molar-refractivity contribution in [2.45, 2.75) is 257 Å². The van der Waals surface area contributed by atoms with Gasteiger partial charge in [0.05, 0.1) is 21.1 Å². The monoisotopic (exact) mass is 809 g/mol. The van der Waals surface area contributed by atoms with Crippen LogP contribution in [-0.2, 0) is 9.59 Å². The van der Waals surface area contributed by atoms with Crippen LogP contribution in [0.5, 0.6) is 0 Å². The van der Waals surface area contributed by atoms with E-state index in [-0.39, 0.29) is 34.0 Å². The second-order valence-corrected chi connectivity index (χ2v) is 20.5. The van der Waals surface area contributed by atoms with Gasteiger partial charge in [0.15, 0.2) is 11.0 Å². The Hall–Kier alpha value is -0.400. The molecule has 4 unspecified atom stereocenters. The van der Waals surface area contributed by atoms with Crippen molar-refractivity contribution in [3.8, 4) is 0 Å². The maximum atomic E-state index is 12.9. The Labute approximate surface area is 348 Å². The minimum Gasteiger partial charge on any atom is -0.382 e. The molecule has 0 radical (unpaired) electrons. The fourth-order valence-corrected chi connectivity index (χ4v) is 10.3. The van der Waals surface area contributed by atoms with Crippen molar-refractivity contribution >= 4 is 28.2 Å².